The van der Waals surface area contributed by atoms with Crippen molar-refractivity contribution < 1.29 is 14.3 Å². The van der Waals surface area contributed by atoms with Crippen LogP contribution in [0.5, 0.6) is 5.75 Å². The first-order valence-corrected chi connectivity index (χ1v) is 10.6. The second kappa shape index (κ2) is 8.41. The number of carbonyl (C=O) groups excluding carboxylic acids is 2. The van der Waals surface area contributed by atoms with Crippen LogP contribution in [0.1, 0.15) is 25.7 Å². The Morgan fingerprint density at radius 1 is 1.10 bits per heavy atom. The van der Waals surface area contributed by atoms with Gasteiger partial charge in [0.15, 0.2) is 0 Å². The van der Waals surface area contributed by atoms with Gasteiger partial charge >= 0.3 is 0 Å². The van der Waals surface area contributed by atoms with Gasteiger partial charge in [0.25, 0.3) is 11.8 Å². The Morgan fingerprint density at radius 2 is 1.84 bits per heavy atom. The van der Waals surface area contributed by atoms with Crippen molar-refractivity contribution in [2.24, 2.45) is 0 Å². The van der Waals surface area contributed by atoms with Crippen LogP contribution in [0.15, 0.2) is 48.5 Å². The second-order valence-corrected chi connectivity index (χ2v) is 8.22. The highest BCUT2D eigenvalue weighted by molar-refractivity contribution is 7.20. The molecule has 0 aliphatic carbocycles. The molecule has 0 saturated heterocycles. The van der Waals surface area contributed by atoms with Crippen molar-refractivity contribution in [3.63, 3.8) is 0 Å². The van der Waals surface area contributed by atoms with Gasteiger partial charge in [0.1, 0.15) is 10.6 Å². The number of halogens is 1. The van der Waals surface area contributed by atoms with E-state index in [0.717, 1.165) is 21.6 Å². The molecule has 0 spiro atoms. The molecule has 0 bridgehead atoms. The van der Waals surface area contributed by atoms with Crippen molar-refractivity contribution in [3.8, 4) is 11.4 Å². The molecule has 9 heteroatoms. The topological polar surface area (TPSA) is 85.2 Å². The van der Waals surface area contributed by atoms with E-state index in [1.165, 1.54) is 18.4 Å². The van der Waals surface area contributed by atoms with E-state index >= 15 is 0 Å². The standard InChI is InChI=1S/C22H19ClN4O3S/c1-12-16-11-19(31-22(16)27(26-12)15-7-5-14(23)6-8-15)21(29)25-17-10-13(20(28)24-2)4-9-18(17)30-3/h4-11H,1-3H3,(H,24,28)(H,25,29). The number of hydrogen-bond acceptors (Lipinski definition) is 5. The number of hydrogen-bond donors (Lipinski definition) is 2. The van der Waals surface area contributed by atoms with Crippen molar-refractivity contribution in [2.75, 3.05) is 19.5 Å². The fraction of sp³-hybridized carbons (Fsp3) is 0.136. The zero-order valence-electron chi connectivity index (χ0n) is 17.0. The van der Waals surface area contributed by atoms with Crippen LogP contribution >= 0.6 is 22.9 Å². The Balaban J connectivity index is 1.68. The first-order valence-electron chi connectivity index (χ1n) is 9.38. The Bertz CT molecular complexity index is 1290. The van der Waals surface area contributed by atoms with Gasteiger partial charge in [-0.05, 0) is 55.5 Å². The maximum Gasteiger partial charge on any atom is 0.265 e. The molecule has 31 heavy (non-hydrogen) atoms. The van der Waals surface area contributed by atoms with Crippen molar-refractivity contribution >= 4 is 50.7 Å². The smallest absolute Gasteiger partial charge is 0.265 e. The highest BCUT2D eigenvalue weighted by Crippen LogP contribution is 2.32. The number of benzene rings is 2. The van der Waals surface area contributed by atoms with Gasteiger partial charge in [-0.1, -0.05) is 11.6 Å². The van der Waals surface area contributed by atoms with Crippen LogP contribution in [0.25, 0.3) is 15.9 Å². The van der Waals surface area contributed by atoms with Crippen molar-refractivity contribution in [1.82, 2.24) is 15.1 Å². The summed E-state index contributed by atoms with van der Waals surface area (Å²) in [5.74, 6) is -0.0834. The molecule has 0 fully saturated rings. The molecule has 2 aromatic heterocycles. The van der Waals surface area contributed by atoms with Gasteiger partial charge < -0.3 is 15.4 Å². The number of nitrogens with zero attached hydrogens (tertiary/aromatic N) is 2. The maximum absolute atomic E-state index is 13.0. The van der Waals surface area contributed by atoms with Crippen molar-refractivity contribution in [2.45, 2.75) is 6.92 Å². The predicted molar refractivity (Wildman–Crippen MR) is 123 cm³/mol. The molecule has 0 aliphatic rings. The Hall–Kier alpha value is -3.36. The molecule has 0 atom stereocenters. The summed E-state index contributed by atoms with van der Waals surface area (Å²) >= 11 is 7.33. The number of aromatic nitrogens is 2. The van der Waals surface area contributed by atoms with E-state index < -0.39 is 0 Å². The van der Waals surface area contributed by atoms with E-state index in [0.29, 0.717) is 26.9 Å². The molecule has 2 N–H and O–H groups in total. The van der Waals surface area contributed by atoms with E-state index in [4.69, 9.17) is 16.3 Å². The first-order chi connectivity index (χ1) is 14.9. The molecule has 0 saturated carbocycles. The number of fused-ring (bicyclic) bond motifs is 1. The van der Waals surface area contributed by atoms with E-state index in [-0.39, 0.29) is 11.8 Å². The molecule has 158 valence electrons. The van der Waals surface area contributed by atoms with E-state index in [1.807, 2.05) is 25.1 Å². The van der Waals surface area contributed by atoms with Crippen LogP contribution in [-0.2, 0) is 0 Å². The highest BCUT2D eigenvalue weighted by atomic mass is 35.5. The lowest BCUT2D eigenvalue weighted by atomic mass is 10.1. The monoisotopic (exact) mass is 454 g/mol. The number of aryl methyl sites for hydroxylation is 1. The Kier molecular flexibility index (Phi) is 5.67. The molecule has 2 aromatic carbocycles. The summed E-state index contributed by atoms with van der Waals surface area (Å²) in [4.78, 5) is 26.3. The fourth-order valence-electron chi connectivity index (χ4n) is 3.19. The van der Waals surface area contributed by atoms with E-state index in [1.54, 1.807) is 42.1 Å². The molecule has 4 rings (SSSR count). The number of nitrogens with one attached hydrogen (secondary N) is 2. The zero-order chi connectivity index (χ0) is 22.1. The maximum atomic E-state index is 13.0. The Labute approximate surface area is 187 Å². The lowest BCUT2D eigenvalue weighted by Crippen LogP contribution is -2.18. The minimum Gasteiger partial charge on any atom is -0.495 e. The second-order valence-electron chi connectivity index (χ2n) is 6.75. The summed E-state index contributed by atoms with van der Waals surface area (Å²) in [6.07, 6.45) is 0. The molecule has 2 amide bonds. The molecule has 2 heterocycles. The number of methoxy groups -OCH3 is 1. The largest absolute Gasteiger partial charge is 0.495 e. The summed E-state index contributed by atoms with van der Waals surface area (Å²) < 4.78 is 7.13. The van der Waals surface area contributed by atoms with E-state index in [2.05, 4.69) is 15.7 Å². The number of rotatable bonds is 5. The molecule has 7 nitrogen and oxygen atoms in total. The predicted octanol–water partition coefficient (Wildman–Crippen LogP) is 4.67. The SMILES string of the molecule is CNC(=O)c1ccc(OC)c(NC(=O)c2cc3c(C)nn(-c4ccc(Cl)cc4)c3s2)c1. The highest BCUT2D eigenvalue weighted by Gasteiger charge is 2.19. The Morgan fingerprint density at radius 3 is 2.52 bits per heavy atom. The first kappa shape index (κ1) is 20.9. The molecule has 4 aromatic rings. The summed E-state index contributed by atoms with van der Waals surface area (Å²) in [5, 5.41) is 11.6. The van der Waals surface area contributed by atoms with Gasteiger partial charge in [0.05, 0.1) is 29.1 Å². The lowest BCUT2D eigenvalue weighted by molar-refractivity contribution is 0.0961. The molecule has 0 aliphatic heterocycles. The van der Waals surface area contributed by atoms with Crippen LogP contribution < -0.4 is 15.4 Å². The minimum atomic E-state index is -0.296. The summed E-state index contributed by atoms with van der Waals surface area (Å²) in [7, 11) is 3.06. The van der Waals surface area contributed by atoms with Gasteiger partial charge in [-0.2, -0.15) is 5.10 Å². The third-order valence-electron chi connectivity index (χ3n) is 4.78. The van der Waals surface area contributed by atoms with Crippen LogP contribution in [0.3, 0.4) is 0 Å². The third kappa shape index (κ3) is 3.99. The van der Waals surface area contributed by atoms with Gasteiger partial charge in [0.2, 0.25) is 0 Å². The number of ether oxygens (including phenoxy) is 1. The lowest BCUT2D eigenvalue weighted by Gasteiger charge is -2.11. The van der Waals surface area contributed by atoms with E-state index in [9.17, 15) is 9.59 Å². The number of anilines is 1. The summed E-state index contributed by atoms with van der Waals surface area (Å²) in [6.45, 7) is 1.90. The summed E-state index contributed by atoms with van der Waals surface area (Å²) in [5.41, 5.74) is 2.52. The van der Waals surface area contributed by atoms with Crippen LogP contribution in [0.2, 0.25) is 5.02 Å². The van der Waals surface area contributed by atoms with Gasteiger partial charge in [-0.3, -0.25) is 9.59 Å². The fourth-order valence-corrected chi connectivity index (χ4v) is 4.40. The zero-order valence-corrected chi connectivity index (χ0v) is 18.6. The third-order valence-corrected chi connectivity index (χ3v) is 6.14. The average molecular weight is 455 g/mol. The summed E-state index contributed by atoms with van der Waals surface area (Å²) in [6, 6.07) is 14.0. The van der Waals surface area contributed by atoms with Crippen LogP contribution in [0.4, 0.5) is 5.69 Å². The van der Waals surface area contributed by atoms with Gasteiger partial charge in [0, 0.05) is 23.0 Å². The minimum absolute atomic E-state index is 0.251. The molecule has 0 radical (unpaired) electrons. The van der Waals surface area contributed by atoms with Crippen molar-refractivity contribution in [3.05, 3.63) is 69.7 Å². The van der Waals surface area contributed by atoms with Crippen LogP contribution in [0, 0.1) is 6.92 Å². The van der Waals surface area contributed by atoms with Gasteiger partial charge in [-0.15, -0.1) is 11.3 Å². The number of carbonyl (C=O) groups is 2. The average Bonchev–Trinajstić information content (AvgIpc) is 3.34. The van der Waals surface area contributed by atoms with Crippen molar-refractivity contribution in [1.29, 1.82) is 0 Å². The number of thiophene rings is 1. The quantitative estimate of drug-likeness (QED) is 0.459. The molecular formula is C22H19ClN4O3S. The molecular weight excluding hydrogens is 436 g/mol. The van der Waals surface area contributed by atoms with Crippen LogP contribution in [-0.4, -0.2) is 35.8 Å². The van der Waals surface area contributed by atoms with Gasteiger partial charge in [-0.25, -0.2) is 4.68 Å². The number of amides is 2. The normalized spacial score (nSPS) is 10.8. The molecule has 0 unspecified atom stereocenters.